The zero-order valence-electron chi connectivity index (χ0n) is 11.1. The second-order valence-corrected chi connectivity index (χ2v) is 4.23. The lowest BCUT2D eigenvalue weighted by molar-refractivity contribution is -0.141. The van der Waals surface area contributed by atoms with E-state index >= 15 is 0 Å². The van der Waals surface area contributed by atoms with Crippen LogP contribution in [0.25, 0.3) is 0 Å². The van der Waals surface area contributed by atoms with Crippen LogP contribution in [-0.2, 0) is 10.9 Å². The van der Waals surface area contributed by atoms with Crippen LogP contribution in [0.5, 0.6) is 5.88 Å². The summed E-state index contributed by atoms with van der Waals surface area (Å²) in [5.74, 6) is -0.731. The highest BCUT2D eigenvalue weighted by molar-refractivity contribution is 5.97. The molecule has 0 saturated heterocycles. The van der Waals surface area contributed by atoms with Gasteiger partial charge in [0.2, 0.25) is 5.88 Å². The first-order valence-corrected chi connectivity index (χ1v) is 5.89. The van der Waals surface area contributed by atoms with Gasteiger partial charge in [-0.3, -0.25) is 5.41 Å². The predicted octanol–water partition coefficient (Wildman–Crippen LogP) is 2.19. The molecule has 0 spiro atoms. The van der Waals surface area contributed by atoms with E-state index in [1.54, 1.807) is 0 Å². The van der Waals surface area contributed by atoms with Crippen molar-refractivity contribution >= 4 is 5.84 Å². The number of nitrogen functional groups attached to an aromatic ring is 1. The normalized spacial score (nSPS) is 11.7. The Morgan fingerprint density at radius 2 is 2.00 bits per heavy atom. The lowest BCUT2D eigenvalue weighted by Crippen LogP contribution is -2.19. The molecule has 0 radical (unpaired) electrons. The Labute approximate surface area is 114 Å². The van der Waals surface area contributed by atoms with Crippen molar-refractivity contribution in [3.05, 3.63) is 23.4 Å². The monoisotopic (exact) mass is 291 g/mol. The first-order chi connectivity index (χ1) is 9.21. The molecule has 0 bridgehead atoms. The maximum atomic E-state index is 12.6. The van der Waals surface area contributed by atoms with Crippen LogP contribution >= 0.6 is 0 Å². The maximum Gasteiger partial charge on any atom is 0.433 e. The number of nitrogens with zero attached hydrogens (tertiary/aromatic N) is 1. The van der Waals surface area contributed by atoms with Crippen LogP contribution in [0, 0.1) is 5.41 Å². The standard InChI is InChI=1S/C12H16F3N3O2/c1-7(2)19-5-6-20-11-8(10(16)17)3-4-9(18-11)12(13,14)15/h3-4,7H,5-6H2,1-2H3,(H3,16,17). The van der Waals surface area contributed by atoms with Crippen molar-refractivity contribution in [1.82, 2.24) is 4.98 Å². The third-order valence-corrected chi connectivity index (χ3v) is 2.21. The highest BCUT2D eigenvalue weighted by atomic mass is 19.4. The molecule has 5 nitrogen and oxygen atoms in total. The first kappa shape index (κ1) is 16.2. The van der Waals surface area contributed by atoms with Gasteiger partial charge < -0.3 is 15.2 Å². The molecule has 1 aromatic rings. The van der Waals surface area contributed by atoms with E-state index in [-0.39, 0.29) is 30.8 Å². The molecular formula is C12H16F3N3O2. The van der Waals surface area contributed by atoms with Crippen molar-refractivity contribution in [2.24, 2.45) is 5.73 Å². The Morgan fingerprint density at radius 1 is 1.35 bits per heavy atom. The molecular weight excluding hydrogens is 275 g/mol. The van der Waals surface area contributed by atoms with Crippen molar-refractivity contribution < 1.29 is 22.6 Å². The van der Waals surface area contributed by atoms with Crippen LogP contribution in [0.1, 0.15) is 25.1 Å². The fraction of sp³-hybridized carbons (Fsp3) is 0.500. The lowest BCUT2D eigenvalue weighted by Gasteiger charge is -2.13. The quantitative estimate of drug-likeness (QED) is 0.478. The number of nitrogens with two attached hydrogens (primary N) is 1. The minimum absolute atomic E-state index is 0.0136. The van der Waals surface area contributed by atoms with E-state index in [1.165, 1.54) is 0 Å². The number of pyridine rings is 1. The molecule has 1 aromatic heterocycles. The smallest absolute Gasteiger partial charge is 0.433 e. The highest BCUT2D eigenvalue weighted by Gasteiger charge is 2.33. The van der Waals surface area contributed by atoms with Gasteiger partial charge in [-0.25, -0.2) is 4.98 Å². The van der Waals surface area contributed by atoms with Crippen LogP contribution in [0.2, 0.25) is 0 Å². The van der Waals surface area contributed by atoms with Gasteiger partial charge in [0.25, 0.3) is 0 Å². The Kier molecular flexibility index (Phi) is 5.32. The van der Waals surface area contributed by atoms with Crippen LogP contribution in [-0.4, -0.2) is 30.1 Å². The van der Waals surface area contributed by atoms with Gasteiger partial charge in [-0.05, 0) is 26.0 Å². The Hall–Kier alpha value is -1.83. The molecule has 0 aliphatic rings. The molecule has 0 amide bonds. The molecule has 0 unspecified atom stereocenters. The van der Waals surface area contributed by atoms with E-state index in [2.05, 4.69) is 4.98 Å². The number of amidine groups is 1. The molecule has 1 rings (SSSR count). The van der Waals surface area contributed by atoms with Gasteiger partial charge in [0.15, 0.2) is 0 Å². The van der Waals surface area contributed by atoms with Gasteiger partial charge in [-0.1, -0.05) is 0 Å². The molecule has 112 valence electrons. The molecule has 1 heterocycles. The molecule has 3 N–H and O–H groups in total. The Balaban J connectivity index is 2.87. The zero-order chi connectivity index (χ0) is 15.3. The van der Waals surface area contributed by atoms with Crippen molar-refractivity contribution in [3.8, 4) is 5.88 Å². The van der Waals surface area contributed by atoms with Gasteiger partial charge in [0.05, 0.1) is 18.3 Å². The molecule has 0 fully saturated rings. The number of nitrogens with one attached hydrogen (secondary N) is 1. The van der Waals surface area contributed by atoms with Crippen molar-refractivity contribution in [1.29, 1.82) is 5.41 Å². The molecule has 0 aromatic carbocycles. The topological polar surface area (TPSA) is 81.2 Å². The average Bonchev–Trinajstić information content (AvgIpc) is 2.32. The van der Waals surface area contributed by atoms with Crippen molar-refractivity contribution in [2.45, 2.75) is 26.1 Å². The van der Waals surface area contributed by atoms with Crippen LogP contribution < -0.4 is 10.5 Å². The van der Waals surface area contributed by atoms with E-state index in [4.69, 9.17) is 20.6 Å². The third kappa shape index (κ3) is 4.69. The number of alkyl halides is 3. The molecule has 20 heavy (non-hydrogen) atoms. The summed E-state index contributed by atoms with van der Waals surface area (Å²) < 4.78 is 48.0. The SMILES string of the molecule is CC(C)OCCOc1nc(C(F)(F)F)ccc1C(=N)N. The number of hydrogen-bond donors (Lipinski definition) is 2. The van der Waals surface area contributed by atoms with Gasteiger partial charge in [-0.2, -0.15) is 13.2 Å². The first-order valence-electron chi connectivity index (χ1n) is 5.89. The largest absolute Gasteiger partial charge is 0.475 e. The molecule has 8 heteroatoms. The van der Waals surface area contributed by atoms with E-state index in [0.717, 1.165) is 12.1 Å². The Morgan fingerprint density at radius 3 is 2.50 bits per heavy atom. The van der Waals surface area contributed by atoms with Crippen molar-refractivity contribution in [2.75, 3.05) is 13.2 Å². The van der Waals surface area contributed by atoms with Crippen molar-refractivity contribution in [3.63, 3.8) is 0 Å². The van der Waals surface area contributed by atoms with E-state index in [9.17, 15) is 13.2 Å². The molecule has 0 saturated carbocycles. The lowest BCUT2D eigenvalue weighted by atomic mass is 10.2. The van der Waals surface area contributed by atoms with Crippen LogP contribution in [0.3, 0.4) is 0 Å². The number of halogens is 3. The molecule has 0 atom stereocenters. The summed E-state index contributed by atoms with van der Waals surface area (Å²) in [7, 11) is 0. The summed E-state index contributed by atoms with van der Waals surface area (Å²) in [6, 6.07) is 1.82. The second kappa shape index (κ2) is 6.56. The van der Waals surface area contributed by atoms with E-state index in [0.29, 0.717) is 0 Å². The number of rotatable bonds is 6. The summed E-state index contributed by atoms with van der Waals surface area (Å²) >= 11 is 0. The van der Waals surface area contributed by atoms with Gasteiger partial charge in [-0.15, -0.1) is 0 Å². The minimum Gasteiger partial charge on any atom is -0.475 e. The highest BCUT2D eigenvalue weighted by Crippen LogP contribution is 2.30. The number of hydrogen-bond acceptors (Lipinski definition) is 4. The van der Waals surface area contributed by atoms with Crippen LogP contribution in [0.4, 0.5) is 13.2 Å². The summed E-state index contributed by atoms with van der Waals surface area (Å²) in [6.45, 7) is 3.87. The maximum absolute atomic E-state index is 12.6. The van der Waals surface area contributed by atoms with Gasteiger partial charge in [0.1, 0.15) is 18.1 Å². The third-order valence-electron chi connectivity index (χ3n) is 2.21. The molecule has 0 aliphatic heterocycles. The fourth-order valence-corrected chi connectivity index (χ4v) is 1.34. The summed E-state index contributed by atoms with van der Waals surface area (Å²) in [5, 5.41) is 7.30. The van der Waals surface area contributed by atoms with E-state index < -0.39 is 17.7 Å². The molecule has 0 aliphatic carbocycles. The summed E-state index contributed by atoms with van der Waals surface area (Å²) in [6.07, 6.45) is -4.60. The average molecular weight is 291 g/mol. The van der Waals surface area contributed by atoms with Gasteiger partial charge in [0, 0.05) is 0 Å². The summed E-state index contributed by atoms with van der Waals surface area (Å²) in [4.78, 5) is 3.36. The Bertz CT molecular complexity index is 476. The predicted molar refractivity (Wildman–Crippen MR) is 66.8 cm³/mol. The zero-order valence-corrected chi connectivity index (χ0v) is 11.1. The minimum atomic E-state index is -4.58. The number of aromatic nitrogens is 1. The fourth-order valence-electron chi connectivity index (χ4n) is 1.34. The van der Waals surface area contributed by atoms with E-state index in [1.807, 2.05) is 13.8 Å². The summed E-state index contributed by atoms with van der Waals surface area (Å²) in [5.41, 5.74) is 4.20. The van der Waals surface area contributed by atoms with Gasteiger partial charge >= 0.3 is 6.18 Å². The number of ether oxygens (including phenoxy) is 2. The van der Waals surface area contributed by atoms with Crippen LogP contribution in [0.15, 0.2) is 12.1 Å². The second-order valence-electron chi connectivity index (χ2n) is 4.23.